The van der Waals surface area contributed by atoms with E-state index < -0.39 is 10.8 Å². The summed E-state index contributed by atoms with van der Waals surface area (Å²) in [7, 11) is 1.51. The number of carbonyl (C=O) groups is 1. The number of amides is 1. The Bertz CT molecular complexity index is 1020. The summed E-state index contributed by atoms with van der Waals surface area (Å²) in [5.41, 5.74) is 5.00. The third-order valence-electron chi connectivity index (χ3n) is 3.36. The molecule has 3 aromatic rings. The molecule has 11 heteroatoms. The van der Waals surface area contributed by atoms with E-state index in [4.69, 9.17) is 27.9 Å². The Labute approximate surface area is 160 Å². The maximum Gasteiger partial charge on any atom is 0.282 e. The summed E-state index contributed by atoms with van der Waals surface area (Å²) < 4.78 is 5.90. The van der Waals surface area contributed by atoms with E-state index in [9.17, 15) is 14.9 Å². The molecule has 0 atom stereocenters. The van der Waals surface area contributed by atoms with Crippen LogP contribution < -0.4 is 15.6 Å². The third kappa shape index (κ3) is 3.50. The van der Waals surface area contributed by atoms with E-state index in [0.29, 0.717) is 26.1 Å². The number of nitrogens with zero attached hydrogens (tertiary/aromatic N) is 2. The lowest BCUT2D eigenvalue weighted by atomic mass is 10.2. The fraction of sp³-hybridized carbons (Fsp3) is 0.0667. The highest BCUT2D eigenvalue weighted by Gasteiger charge is 2.21. The number of hydrogen-bond donors (Lipinski definition) is 2. The standard InChI is InChI=1S/C15H10Cl2N4O4S/c1-25-11-5-3-9(17)13-12(11)18-15(26-13)20-19-14(22)8-6-7(16)2-4-10(8)21(23)24/h2-6H,1H3,(H,18,20)(H,19,22). The van der Waals surface area contributed by atoms with Crippen molar-refractivity contribution < 1.29 is 14.5 Å². The molecule has 0 spiro atoms. The van der Waals surface area contributed by atoms with E-state index in [2.05, 4.69) is 15.8 Å². The molecule has 0 bridgehead atoms. The van der Waals surface area contributed by atoms with Crippen LogP contribution in [0.3, 0.4) is 0 Å². The lowest BCUT2D eigenvalue weighted by Gasteiger charge is -2.06. The number of anilines is 1. The van der Waals surface area contributed by atoms with Gasteiger partial charge in [0.25, 0.3) is 11.6 Å². The quantitative estimate of drug-likeness (QED) is 0.478. The first kappa shape index (κ1) is 18.2. The molecule has 134 valence electrons. The smallest absolute Gasteiger partial charge is 0.282 e. The van der Waals surface area contributed by atoms with Crippen LogP contribution in [-0.4, -0.2) is 22.9 Å². The molecule has 0 fully saturated rings. The zero-order valence-corrected chi connectivity index (χ0v) is 15.4. The number of aromatic nitrogens is 1. The molecule has 0 unspecified atom stereocenters. The number of fused-ring (bicyclic) bond motifs is 1. The predicted molar refractivity (Wildman–Crippen MR) is 100 cm³/mol. The Hall–Kier alpha value is -2.62. The summed E-state index contributed by atoms with van der Waals surface area (Å²) in [5.74, 6) is -0.193. The van der Waals surface area contributed by atoms with Gasteiger partial charge in [-0.25, -0.2) is 4.98 Å². The van der Waals surface area contributed by atoms with Gasteiger partial charge in [-0.3, -0.25) is 25.8 Å². The number of ether oxygens (including phenoxy) is 1. The summed E-state index contributed by atoms with van der Waals surface area (Å²) in [6, 6.07) is 7.08. The second-order valence-corrected chi connectivity index (χ2v) is 6.79. The first-order valence-electron chi connectivity index (χ1n) is 7.04. The van der Waals surface area contributed by atoms with Crippen molar-refractivity contribution >= 4 is 61.5 Å². The van der Waals surface area contributed by atoms with Gasteiger partial charge in [0.2, 0.25) is 5.13 Å². The number of rotatable bonds is 5. The first-order valence-corrected chi connectivity index (χ1v) is 8.61. The average molecular weight is 413 g/mol. The summed E-state index contributed by atoms with van der Waals surface area (Å²) >= 11 is 13.2. The number of methoxy groups -OCH3 is 1. The van der Waals surface area contributed by atoms with Gasteiger partial charge >= 0.3 is 0 Å². The van der Waals surface area contributed by atoms with Crippen LogP contribution in [0.5, 0.6) is 5.75 Å². The SMILES string of the molecule is COc1ccc(Cl)c2sc(NNC(=O)c3cc(Cl)ccc3[N+](=O)[O-])nc12. The number of carbonyl (C=O) groups excluding carboxylic acids is 1. The van der Waals surface area contributed by atoms with E-state index in [0.717, 1.165) is 0 Å². The first-order chi connectivity index (χ1) is 12.4. The zero-order chi connectivity index (χ0) is 18.8. The number of hydrogen-bond acceptors (Lipinski definition) is 7. The van der Waals surface area contributed by atoms with Crippen LogP contribution in [0, 0.1) is 10.1 Å². The highest BCUT2D eigenvalue weighted by atomic mass is 35.5. The fourth-order valence-electron chi connectivity index (χ4n) is 2.20. The number of nitrogens with one attached hydrogen (secondary N) is 2. The maximum absolute atomic E-state index is 12.3. The van der Waals surface area contributed by atoms with E-state index in [1.807, 2.05) is 0 Å². The topological polar surface area (TPSA) is 106 Å². The van der Waals surface area contributed by atoms with Gasteiger partial charge < -0.3 is 4.74 Å². The Balaban J connectivity index is 1.85. The highest BCUT2D eigenvalue weighted by molar-refractivity contribution is 7.22. The van der Waals surface area contributed by atoms with Crippen LogP contribution in [0.1, 0.15) is 10.4 Å². The molecular weight excluding hydrogens is 403 g/mol. The number of nitro benzene ring substituents is 1. The van der Waals surface area contributed by atoms with Gasteiger partial charge in [0.05, 0.1) is 21.8 Å². The fourth-order valence-corrected chi connectivity index (χ4v) is 3.48. The van der Waals surface area contributed by atoms with Crippen LogP contribution >= 0.6 is 34.5 Å². The van der Waals surface area contributed by atoms with Crippen molar-refractivity contribution in [2.75, 3.05) is 12.5 Å². The van der Waals surface area contributed by atoms with E-state index in [1.165, 1.54) is 36.6 Å². The zero-order valence-electron chi connectivity index (χ0n) is 13.1. The third-order valence-corrected chi connectivity index (χ3v) is 5.03. The summed E-state index contributed by atoms with van der Waals surface area (Å²) in [6.07, 6.45) is 0. The minimum atomic E-state index is -0.725. The molecule has 1 amide bonds. The Morgan fingerprint density at radius 3 is 2.77 bits per heavy atom. The predicted octanol–water partition coefficient (Wildman–Crippen LogP) is 4.28. The highest BCUT2D eigenvalue weighted by Crippen LogP contribution is 2.37. The van der Waals surface area contributed by atoms with Crippen LogP contribution in [0.25, 0.3) is 10.2 Å². The average Bonchev–Trinajstić information content (AvgIpc) is 3.05. The largest absolute Gasteiger partial charge is 0.494 e. The Kier molecular flexibility index (Phi) is 5.12. The van der Waals surface area contributed by atoms with Crippen LogP contribution in [-0.2, 0) is 0 Å². The molecular formula is C15H10Cl2N4O4S. The van der Waals surface area contributed by atoms with Crippen molar-refractivity contribution in [2.24, 2.45) is 0 Å². The van der Waals surface area contributed by atoms with Gasteiger partial charge in [-0.1, -0.05) is 34.5 Å². The van der Waals surface area contributed by atoms with E-state index >= 15 is 0 Å². The normalized spacial score (nSPS) is 10.6. The number of hydrazine groups is 1. The molecule has 1 heterocycles. The second-order valence-electron chi connectivity index (χ2n) is 4.94. The molecule has 0 aliphatic rings. The molecule has 26 heavy (non-hydrogen) atoms. The molecule has 2 aromatic carbocycles. The number of benzene rings is 2. The van der Waals surface area contributed by atoms with Crippen LogP contribution in [0.15, 0.2) is 30.3 Å². The lowest BCUT2D eigenvalue weighted by Crippen LogP contribution is -2.29. The van der Waals surface area contributed by atoms with E-state index in [1.54, 1.807) is 12.1 Å². The minimum absolute atomic E-state index is 0.174. The molecule has 0 aliphatic carbocycles. The molecule has 0 saturated carbocycles. The Morgan fingerprint density at radius 1 is 1.31 bits per heavy atom. The van der Waals surface area contributed by atoms with Crippen molar-refractivity contribution in [3.8, 4) is 5.75 Å². The van der Waals surface area contributed by atoms with Gasteiger partial charge in [-0.05, 0) is 24.3 Å². The Morgan fingerprint density at radius 2 is 2.08 bits per heavy atom. The lowest BCUT2D eigenvalue weighted by molar-refractivity contribution is -0.385. The number of thiazole rings is 1. The molecule has 0 aliphatic heterocycles. The summed E-state index contributed by atoms with van der Waals surface area (Å²) in [6.45, 7) is 0. The van der Waals surface area contributed by atoms with Gasteiger partial charge in [-0.2, -0.15) is 0 Å². The van der Waals surface area contributed by atoms with Crippen molar-refractivity contribution in [1.29, 1.82) is 0 Å². The molecule has 8 nitrogen and oxygen atoms in total. The second kappa shape index (κ2) is 7.32. The molecule has 2 N–H and O–H groups in total. The number of nitro groups is 1. The van der Waals surface area contributed by atoms with Crippen molar-refractivity contribution in [2.45, 2.75) is 0 Å². The van der Waals surface area contributed by atoms with Gasteiger partial charge in [0.15, 0.2) is 0 Å². The molecule has 1 aromatic heterocycles. The number of halogens is 2. The minimum Gasteiger partial charge on any atom is -0.494 e. The van der Waals surface area contributed by atoms with Crippen molar-refractivity contribution in [1.82, 2.24) is 10.4 Å². The molecule has 0 radical (unpaired) electrons. The van der Waals surface area contributed by atoms with Crippen LogP contribution in [0.4, 0.5) is 10.8 Å². The molecule has 3 rings (SSSR count). The van der Waals surface area contributed by atoms with Gasteiger partial charge in [-0.15, -0.1) is 0 Å². The van der Waals surface area contributed by atoms with Crippen molar-refractivity contribution in [3.63, 3.8) is 0 Å². The van der Waals surface area contributed by atoms with Crippen LogP contribution in [0.2, 0.25) is 10.0 Å². The van der Waals surface area contributed by atoms with E-state index in [-0.39, 0.29) is 16.3 Å². The maximum atomic E-state index is 12.3. The summed E-state index contributed by atoms with van der Waals surface area (Å²) in [4.78, 5) is 27.0. The van der Waals surface area contributed by atoms with Crippen molar-refractivity contribution in [3.05, 3.63) is 56.1 Å². The van der Waals surface area contributed by atoms with Gasteiger partial charge in [0.1, 0.15) is 16.8 Å². The molecule has 0 saturated heterocycles. The monoisotopic (exact) mass is 412 g/mol. The summed E-state index contributed by atoms with van der Waals surface area (Å²) in [5, 5.41) is 12.1. The van der Waals surface area contributed by atoms with Gasteiger partial charge in [0, 0.05) is 11.1 Å².